The van der Waals surface area contributed by atoms with Gasteiger partial charge in [0.1, 0.15) is 11.2 Å². The second kappa shape index (κ2) is 3.19. The van der Waals surface area contributed by atoms with Crippen LogP contribution < -0.4 is 5.32 Å². The summed E-state index contributed by atoms with van der Waals surface area (Å²) in [5.74, 6) is -0.527. The van der Waals surface area contributed by atoms with Gasteiger partial charge in [-0.1, -0.05) is 11.6 Å². The molecule has 0 saturated heterocycles. The smallest absolute Gasteiger partial charge is 0.210 e. The van der Waals surface area contributed by atoms with E-state index in [0.29, 0.717) is 0 Å². The van der Waals surface area contributed by atoms with Crippen LogP contribution >= 0.6 is 11.6 Å². The summed E-state index contributed by atoms with van der Waals surface area (Å²) in [6.07, 6.45) is 0.907. The lowest BCUT2D eigenvalue weighted by atomic mass is 10.4. The van der Waals surface area contributed by atoms with Gasteiger partial charge in [-0.25, -0.2) is 0 Å². The summed E-state index contributed by atoms with van der Waals surface area (Å²) in [6.45, 7) is 0. The van der Waals surface area contributed by atoms with Crippen LogP contribution in [-0.4, -0.2) is 31.5 Å². The molecule has 1 unspecified atom stereocenters. The number of hydrogen-bond donors (Lipinski definition) is 1. The molecule has 0 bridgehead atoms. The molecule has 0 aromatic carbocycles. The summed E-state index contributed by atoms with van der Waals surface area (Å²) in [4.78, 5) is 5.64. The molecule has 5 heteroatoms. The van der Waals surface area contributed by atoms with E-state index in [2.05, 4.69) is 10.3 Å². The van der Waals surface area contributed by atoms with Crippen molar-refractivity contribution >= 4 is 17.9 Å². The van der Waals surface area contributed by atoms with Gasteiger partial charge in [-0.05, 0) is 14.1 Å². The van der Waals surface area contributed by atoms with Crippen LogP contribution in [0.3, 0.4) is 0 Å². The maximum atomic E-state index is 12.7. The zero-order valence-electron chi connectivity index (χ0n) is 6.31. The van der Waals surface area contributed by atoms with Crippen molar-refractivity contribution in [1.29, 1.82) is 0 Å². The topological polar surface area (TPSA) is 27.6 Å². The molecule has 1 N–H and O–H groups in total. The minimum atomic E-state index is -0.527. The van der Waals surface area contributed by atoms with Crippen molar-refractivity contribution in [1.82, 2.24) is 10.2 Å². The lowest BCUT2D eigenvalue weighted by Gasteiger charge is -2.22. The van der Waals surface area contributed by atoms with Crippen LogP contribution in [0.15, 0.2) is 16.0 Å². The van der Waals surface area contributed by atoms with E-state index < -0.39 is 12.1 Å². The molecular weight excluding hydrogens is 169 g/mol. The normalized spacial score (nSPS) is 24.3. The van der Waals surface area contributed by atoms with Crippen molar-refractivity contribution in [2.24, 2.45) is 4.99 Å². The monoisotopic (exact) mass is 177 g/mol. The van der Waals surface area contributed by atoms with Gasteiger partial charge in [0.2, 0.25) is 5.95 Å². The molecule has 0 aromatic heterocycles. The summed E-state index contributed by atoms with van der Waals surface area (Å²) < 4.78 is 12.7. The van der Waals surface area contributed by atoms with Gasteiger partial charge in [-0.15, -0.1) is 0 Å². The van der Waals surface area contributed by atoms with Crippen LogP contribution in [-0.2, 0) is 0 Å². The Labute approximate surface area is 69.5 Å². The molecule has 0 aliphatic carbocycles. The number of halogens is 2. The van der Waals surface area contributed by atoms with Gasteiger partial charge in [0.25, 0.3) is 0 Å². The molecule has 0 amide bonds. The minimum Gasteiger partial charge on any atom is -0.322 e. The summed E-state index contributed by atoms with van der Waals surface area (Å²) in [6, 6.07) is 0. The molecule has 0 aromatic rings. The van der Waals surface area contributed by atoms with Crippen LogP contribution in [0.4, 0.5) is 4.39 Å². The first-order chi connectivity index (χ1) is 5.13. The highest BCUT2D eigenvalue weighted by Crippen LogP contribution is 2.19. The van der Waals surface area contributed by atoms with Gasteiger partial charge in [0.05, 0.1) is 6.34 Å². The molecule has 1 heterocycles. The fourth-order valence-corrected chi connectivity index (χ4v) is 1.08. The molecule has 0 spiro atoms. The average Bonchev–Trinajstić information content (AvgIpc) is 1.94. The van der Waals surface area contributed by atoms with E-state index in [-0.39, 0.29) is 5.03 Å². The number of nitrogens with one attached hydrogen (secondary N) is 1. The predicted octanol–water partition coefficient (Wildman–Crippen LogP) is 0.883. The molecule has 1 aliphatic heterocycles. The average molecular weight is 178 g/mol. The largest absolute Gasteiger partial charge is 0.322 e. The lowest BCUT2D eigenvalue weighted by Crippen LogP contribution is -2.32. The number of likely N-dealkylation sites (N-methyl/N-ethyl adjacent to an activating group) is 1. The molecule has 62 valence electrons. The van der Waals surface area contributed by atoms with E-state index in [0.717, 1.165) is 0 Å². The maximum Gasteiger partial charge on any atom is 0.210 e. The molecule has 0 fully saturated rings. The van der Waals surface area contributed by atoms with Gasteiger partial charge >= 0.3 is 0 Å². The van der Waals surface area contributed by atoms with Crippen molar-refractivity contribution in [2.75, 3.05) is 14.1 Å². The molecule has 0 radical (unpaired) electrons. The van der Waals surface area contributed by atoms with Gasteiger partial charge in [0, 0.05) is 0 Å². The summed E-state index contributed by atoms with van der Waals surface area (Å²) >= 11 is 5.61. The number of rotatable bonds is 1. The highest BCUT2D eigenvalue weighted by atomic mass is 35.5. The predicted molar refractivity (Wildman–Crippen MR) is 43.1 cm³/mol. The molecule has 1 rings (SSSR count). The number of nitrogens with zero attached hydrogens (tertiary/aromatic N) is 2. The van der Waals surface area contributed by atoms with Crippen LogP contribution in [0.5, 0.6) is 0 Å². The SMILES string of the molecule is CN(C)C1N=CNC(F)=C1Cl. The zero-order valence-corrected chi connectivity index (χ0v) is 7.06. The Morgan fingerprint density at radius 2 is 2.36 bits per heavy atom. The third kappa shape index (κ3) is 1.70. The first kappa shape index (κ1) is 8.49. The van der Waals surface area contributed by atoms with E-state index in [1.54, 1.807) is 19.0 Å². The van der Waals surface area contributed by atoms with E-state index in [1.165, 1.54) is 6.34 Å². The zero-order chi connectivity index (χ0) is 8.43. The van der Waals surface area contributed by atoms with Gasteiger partial charge < -0.3 is 5.32 Å². The number of hydrogen-bond acceptors (Lipinski definition) is 3. The third-order valence-corrected chi connectivity index (χ3v) is 1.69. The Morgan fingerprint density at radius 3 is 2.82 bits per heavy atom. The Balaban J connectivity index is 2.80. The van der Waals surface area contributed by atoms with Crippen molar-refractivity contribution in [2.45, 2.75) is 6.17 Å². The van der Waals surface area contributed by atoms with Crippen LogP contribution in [0.25, 0.3) is 0 Å². The van der Waals surface area contributed by atoms with Gasteiger partial charge in [-0.3, -0.25) is 9.89 Å². The fraction of sp³-hybridized carbons (Fsp3) is 0.500. The quantitative estimate of drug-likeness (QED) is 0.603. The van der Waals surface area contributed by atoms with Crippen molar-refractivity contribution in [3.63, 3.8) is 0 Å². The molecular formula is C6H9ClFN3. The van der Waals surface area contributed by atoms with Crippen LogP contribution in [0, 0.1) is 0 Å². The Hall–Kier alpha value is -0.610. The van der Waals surface area contributed by atoms with E-state index in [1.807, 2.05) is 0 Å². The highest BCUT2D eigenvalue weighted by Gasteiger charge is 2.20. The Bertz CT molecular complexity index is 212. The summed E-state index contributed by atoms with van der Waals surface area (Å²) in [7, 11) is 3.56. The number of aliphatic imine (C=N–C) groups is 1. The van der Waals surface area contributed by atoms with Crippen molar-refractivity contribution in [3.8, 4) is 0 Å². The summed E-state index contributed by atoms with van der Waals surface area (Å²) in [5.41, 5.74) is 0. The van der Waals surface area contributed by atoms with Crippen molar-refractivity contribution < 1.29 is 4.39 Å². The van der Waals surface area contributed by atoms with Crippen LogP contribution in [0.1, 0.15) is 0 Å². The first-order valence-electron chi connectivity index (χ1n) is 3.12. The van der Waals surface area contributed by atoms with Gasteiger partial charge in [0.15, 0.2) is 0 Å². The Morgan fingerprint density at radius 1 is 1.73 bits per heavy atom. The third-order valence-electron chi connectivity index (χ3n) is 1.33. The second-order valence-electron chi connectivity index (χ2n) is 2.42. The minimum absolute atomic E-state index is 0.0949. The molecule has 1 aliphatic rings. The second-order valence-corrected chi connectivity index (χ2v) is 2.83. The van der Waals surface area contributed by atoms with Crippen LogP contribution in [0.2, 0.25) is 0 Å². The van der Waals surface area contributed by atoms with E-state index >= 15 is 0 Å². The lowest BCUT2D eigenvalue weighted by molar-refractivity contribution is 0.337. The highest BCUT2D eigenvalue weighted by molar-refractivity contribution is 6.30. The molecule has 0 saturated carbocycles. The standard InChI is InChI=1S/C6H9ClFN3/c1-11(2)6-4(7)5(8)9-3-10-6/h3,6H,1-2H3,(H,9,10). The van der Waals surface area contributed by atoms with Gasteiger partial charge in [-0.2, -0.15) is 4.39 Å². The molecule has 11 heavy (non-hydrogen) atoms. The molecule has 3 nitrogen and oxygen atoms in total. The molecule has 1 atom stereocenters. The van der Waals surface area contributed by atoms with E-state index in [9.17, 15) is 4.39 Å². The maximum absolute atomic E-state index is 12.7. The summed E-state index contributed by atoms with van der Waals surface area (Å²) in [5, 5.41) is 2.37. The van der Waals surface area contributed by atoms with E-state index in [4.69, 9.17) is 11.6 Å². The van der Waals surface area contributed by atoms with Crippen molar-refractivity contribution in [3.05, 3.63) is 11.0 Å². The fourth-order valence-electron chi connectivity index (χ4n) is 0.772. The first-order valence-corrected chi connectivity index (χ1v) is 3.50. The Kier molecular flexibility index (Phi) is 2.46.